The number of nitro groups is 1. The van der Waals surface area contributed by atoms with E-state index >= 15 is 0 Å². The number of hydrogen-bond acceptors (Lipinski definition) is 3. The summed E-state index contributed by atoms with van der Waals surface area (Å²) >= 11 is 0. The molecule has 1 rings (SSSR count). The maximum Gasteiger partial charge on any atom is 0.269 e. The molecule has 1 aromatic rings. The van der Waals surface area contributed by atoms with E-state index in [4.69, 9.17) is 4.74 Å². The van der Waals surface area contributed by atoms with Gasteiger partial charge in [0.1, 0.15) is 5.75 Å². The van der Waals surface area contributed by atoms with Crippen molar-refractivity contribution in [1.82, 2.24) is 0 Å². The highest BCUT2D eigenvalue weighted by Crippen LogP contribution is 2.25. The SMILES string of the molecule is C[C@@H](COc1ccc([N+](=O)[O-])cc1)CC(C)(C)C. The van der Waals surface area contributed by atoms with Gasteiger partial charge >= 0.3 is 0 Å². The van der Waals surface area contributed by atoms with Gasteiger partial charge in [0.2, 0.25) is 0 Å². The molecule has 100 valence electrons. The molecule has 1 atom stereocenters. The van der Waals surface area contributed by atoms with Gasteiger partial charge in [0.25, 0.3) is 5.69 Å². The number of nitrogens with zero attached hydrogens (tertiary/aromatic N) is 1. The van der Waals surface area contributed by atoms with Crippen LogP contribution in [0.1, 0.15) is 34.1 Å². The maximum absolute atomic E-state index is 10.5. The van der Waals surface area contributed by atoms with E-state index < -0.39 is 4.92 Å². The molecule has 0 amide bonds. The van der Waals surface area contributed by atoms with E-state index in [0.29, 0.717) is 18.3 Å². The van der Waals surface area contributed by atoms with E-state index in [9.17, 15) is 10.1 Å². The lowest BCUT2D eigenvalue weighted by Crippen LogP contribution is -2.16. The van der Waals surface area contributed by atoms with Crippen molar-refractivity contribution in [3.8, 4) is 5.75 Å². The van der Waals surface area contributed by atoms with Crippen LogP contribution in [0.25, 0.3) is 0 Å². The maximum atomic E-state index is 10.5. The third kappa shape index (κ3) is 5.17. The summed E-state index contributed by atoms with van der Waals surface area (Å²) in [5.41, 5.74) is 0.378. The largest absolute Gasteiger partial charge is 0.493 e. The van der Waals surface area contributed by atoms with Crippen molar-refractivity contribution in [3.05, 3.63) is 34.4 Å². The molecular formula is C14H21NO3. The van der Waals surface area contributed by atoms with Crippen LogP contribution < -0.4 is 4.74 Å². The van der Waals surface area contributed by atoms with Gasteiger partial charge in [-0.3, -0.25) is 10.1 Å². The molecular weight excluding hydrogens is 230 g/mol. The van der Waals surface area contributed by atoms with Crippen LogP contribution in [0.3, 0.4) is 0 Å². The van der Waals surface area contributed by atoms with Gasteiger partial charge in [0, 0.05) is 12.1 Å². The highest BCUT2D eigenvalue weighted by Gasteiger charge is 2.15. The minimum absolute atomic E-state index is 0.0880. The van der Waals surface area contributed by atoms with Crippen molar-refractivity contribution < 1.29 is 9.66 Å². The number of non-ortho nitro benzene ring substituents is 1. The molecule has 0 aliphatic heterocycles. The molecule has 0 aliphatic carbocycles. The molecule has 0 spiro atoms. The first-order valence-electron chi connectivity index (χ1n) is 6.15. The Hall–Kier alpha value is -1.58. The summed E-state index contributed by atoms with van der Waals surface area (Å²) in [4.78, 5) is 10.1. The summed E-state index contributed by atoms with van der Waals surface area (Å²) in [6, 6.07) is 6.21. The first-order chi connectivity index (χ1) is 8.28. The number of rotatable bonds is 5. The zero-order chi connectivity index (χ0) is 13.8. The van der Waals surface area contributed by atoms with Crippen LogP contribution in [0.4, 0.5) is 5.69 Å². The average molecular weight is 251 g/mol. The Morgan fingerprint density at radius 1 is 1.28 bits per heavy atom. The summed E-state index contributed by atoms with van der Waals surface area (Å²) < 4.78 is 5.63. The van der Waals surface area contributed by atoms with Crippen LogP contribution in [0.5, 0.6) is 5.75 Å². The fourth-order valence-corrected chi connectivity index (χ4v) is 2.01. The van der Waals surface area contributed by atoms with Gasteiger partial charge < -0.3 is 4.74 Å². The lowest BCUT2D eigenvalue weighted by atomic mass is 9.86. The van der Waals surface area contributed by atoms with Crippen LogP contribution in [0, 0.1) is 21.4 Å². The Labute approximate surface area is 108 Å². The molecule has 4 nitrogen and oxygen atoms in total. The smallest absolute Gasteiger partial charge is 0.269 e. The molecule has 0 unspecified atom stereocenters. The topological polar surface area (TPSA) is 52.4 Å². The number of nitro benzene ring substituents is 1. The van der Waals surface area contributed by atoms with Gasteiger partial charge in [0.05, 0.1) is 11.5 Å². The first-order valence-corrected chi connectivity index (χ1v) is 6.15. The van der Waals surface area contributed by atoms with Crippen LogP contribution in [-0.4, -0.2) is 11.5 Å². The molecule has 0 saturated heterocycles. The summed E-state index contributed by atoms with van der Waals surface area (Å²) in [5.74, 6) is 1.14. The van der Waals surface area contributed by atoms with Gasteiger partial charge in [-0.2, -0.15) is 0 Å². The van der Waals surface area contributed by atoms with Gasteiger partial charge in [-0.25, -0.2) is 0 Å². The Bertz CT molecular complexity index is 392. The summed E-state index contributed by atoms with van der Waals surface area (Å²) in [5, 5.41) is 10.5. The normalized spacial score (nSPS) is 13.1. The lowest BCUT2D eigenvalue weighted by Gasteiger charge is -2.23. The summed E-state index contributed by atoms with van der Waals surface area (Å²) in [7, 11) is 0. The fraction of sp³-hybridized carbons (Fsp3) is 0.571. The molecule has 0 aromatic heterocycles. The Kier molecular flexibility index (Phi) is 4.70. The van der Waals surface area contributed by atoms with E-state index in [1.54, 1.807) is 12.1 Å². The minimum Gasteiger partial charge on any atom is -0.493 e. The second kappa shape index (κ2) is 5.85. The van der Waals surface area contributed by atoms with Crippen molar-refractivity contribution in [1.29, 1.82) is 0 Å². The van der Waals surface area contributed by atoms with Crippen molar-refractivity contribution in [2.45, 2.75) is 34.1 Å². The summed E-state index contributed by atoms with van der Waals surface area (Å²) in [6.45, 7) is 9.39. The molecule has 4 heteroatoms. The van der Waals surface area contributed by atoms with Crippen LogP contribution >= 0.6 is 0 Å². The molecule has 0 N–H and O–H groups in total. The zero-order valence-corrected chi connectivity index (χ0v) is 11.5. The van der Waals surface area contributed by atoms with Crippen molar-refractivity contribution in [2.75, 3.05) is 6.61 Å². The molecule has 0 fully saturated rings. The second-order valence-electron chi connectivity index (χ2n) is 5.93. The summed E-state index contributed by atoms with van der Waals surface area (Å²) in [6.07, 6.45) is 1.08. The van der Waals surface area contributed by atoms with Gasteiger partial charge in [-0.1, -0.05) is 27.7 Å². The molecule has 18 heavy (non-hydrogen) atoms. The van der Waals surface area contributed by atoms with Crippen LogP contribution in [0.15, 0.2) is 24.3 Å². The number of ether oxygens (including phenoxy) is 1. The average Bonchev–Trinajstić information content (AvgIpc) is 2.24. The van der Waals surface area contributed by atoms with Gasteiger partial charge in [-0.15, -0.1) is 0 Å². The Morgan fingerprint density at radius 3 is 2.28 bits per heavy atom. The monoisotopic (exact) mass is 251 g/mol. The molecule has 1 aromatic carbocycles. The molecule has 0 radical (unpaired) electrons. The minimum atomic E-state index is -0.411. The van der Waals surface area contributed by atoms with Crippen LogP contribution in [-0.2, 0) is 0 Å². The van der Waals surface area contributed by atoms with Crippen LogP contribution in [0.2, 0.25) is 0 Å². The molecule has 0 saturated carbocycles. The van der Waals surface area contributed by atoms with E-state index in [1.807, 2.05) is 0 Å². The van der Waals surface area contributed by atoms with Crippen molar-refractivity contribution in [2.24, 2.45) is 11.3 Å². The highest BCUT2D eigenvalue weighted by molar-refractivity contribution is 5.35. The third-order valence-corrected chi connectivity index (χ3v) is 2.54. The fourth-order valence-electron chi connectivity index (χ4n) is 2.01. The standard InChI is InChI=1S/C14H21NO3/c1-11(9-14(2,3)4)10-18-13-7-5-12(6-8-13)15(16)17/h5-8,11H,9-10H2,1-4H3/t11-/m1/s1. The van der Waals surface area contributed by atoms with E-state index in [1.165, 1.54) is 12.1 Å². The predicted octanol–water partition coefficient (Wildman–Crippen LogP) is 4.05. The van der Waals surface area contributed by atoms with E-state index in [2.05, 4.69) is 27.7 Å². The molecule has 0 aliphatic rings. The quantitative estimate of drug-likeness (QED) is 0.586. The van der Waals surface area contributed by atoms with Crippen molar-refractivity contribution in [3.63, 3.8) is 0 Å². The predicted molar refractivity (Wildman–Crippen MR) is 71.8 cm³/mol. The Balaban J connectivity index is 2.46. The highest BCUT2D eigenvalue weighted by atomic mass is 16.6. The zero-order valence-electron chi connectivity index (χ0n) is 11.5. The third-order valence-electron chi connectivity index (χ3n) is 2.54. The van der Waals surface area contributed by atoms with Gasteiger partial charge in [0.15, 0.2) is 0 Å². The number of hydrogen-bond donors (Lipinski definition) is 0. The molecule has 0 heterocycles. The lowest BCUT2D eigenvalue weighted by molar-refractivity contribution is -0.384. The van der Waals surface area contributed by atoms with E-state index in [0.717, 1.165) is 6.42 Å². The van der Waals surface area contributed by atoms with E-state index in [-0.39, 0.29) is 11.1 Å². The Morgan fingerprint density at radius 2 is 1.83 bits per heavy atom. The van der Waals surface area contributed by atoms with Gasteiger partial charge in [-0.05, 0) is 29.9 Å². The number of benzene rings is 1. The van der Waals surface area contributed by atoms with Crippen molar-refractivity contribution >= 4 is 5.69 Å². The first kappa shape index (κ1) is 14.5. The second-order valence-corrected chi connectivity index (χ2v) is 5.93. The molecule has 0 bridgehead atoms.